The molecule has 1 aliphatic heterocycles. The molecule has 154 valence electrons. The van der Waals surface area contributed by atoms with Crippen LogP contribution in [0.1, 0.15) is 5.76 Å². The molecule has 0 unspecified atom stereocenters. The molecule has 8 nitrogen and oxygen atoms in total. The van der Waals surface area contributed by atoms with Crippen LogP contribution in [0.3, 0.4) is 0 Å². The van der Waals surface area contributed by atoms with Gasteiger partial charge in [-0.25, -0.2) is 9.50 Å². The number of aliphatic hydroxyl groups is 1. The van der Waals surface area contributed by atoms with E-state index in [1.165, 1.54) is 0 Å². The summed E-state index contributed by atoms with van der Waals surface area (Å²) in [4.78, 5) is 13.5. The first-order valence-electron chi connectivity index (χ1n) is 10.2. The molecule has 5 rings (SSSR count). The fraction of sp³-hybridized carbons (Fsp3) is 0.318. The predicted molar refractivity (Wildman–Crippen MR) is 114 cm³/mol. The van der Waals surface area contributed by atoms with Crippen LogP contribution in [0, 0.1) is 6.92 Å². The Kier molecular flexibility index (Phi) is 4.94. The topological polar surface area (TPSA) is 82.9 Å². The number of pyridine rings is 1. The van der Waals surface area contributed by atoms with E-state index in [4.69, 9.17) is 19.6 Å². The van der Waals surface area contributed by atoms with Crippen molar-refractivity contribution < 1.29 is 9.52 Å². The van der Waals surface area contributed by atoms with Gasteiger partial charge in [-0.3, -0.25) is 9.88 Å². The smallest absolute Gasteiger partial charge is 0.155 e. The SMILES string of the molecule is Cc1ccc(-c2nc3ccc(N4CCN(CCO)CC4)nn3c2-c2ccncc2)o1. The molecule has 1 fully saturated rings. The van der Waals surface area contributed by atoms with Crippen molar-refractivity contribution in [3.63, 3.8) is 0 Å². The summed E-state index contributed by atoms with van der Waals surface area (Å²) in [5.41, 5.74) is 3.42. The monoisotopic (exact) mass is 404 g/mol. The molecule has 0 aromatic carbocycles. The molecule has 0 bridgehead atoms. The van der Waals surface area contributed by atoms with Crippen molar-refractivity contribution in [3.8, 4) is 22.7 Å². The quantitative estimate of drug-likeness (QED) is 0.547. The van der Waals surface area contributed by atoms with Gasteiger partial charge >= 0.3 is 0 Å². The molecule has 0 spiro atoms. The number of aromatic nitrogens is 4. The molecule has 0 amide bonds. The van der Waals surface area contributed by atoms with Crippen LogP contribution < -0.4 is 4.90 Å². The minimum atomic E-state index is 0.198. The Labute approximate surface area is 174 Å². The maximum Gasteiger partial charge on any atom is 0.155 e. The Bertz CT molecular complexity index is 1150. The average molecular weight is 404 g/mol. The number of hydrogen-bond acceptors (Lipinski definition) is 7. The molecule has 1 saturated heterocycles. The van der Waals surface area contributed by atoms with E-state index in [-0.39, 0.29) is 6.61 Å². The van der Waals surface area contributed by atoms with Gasteiger partial charge in [0, 0.05) is 50.7 Å². The van der Waals surface area contributed by atoms with Gasteiger partial charge in [0.05, 0.1) is 6.61 Å². The summed E-state index contributed by atoms with van der Waals surface area (Å²) in [5, 5.41) is 14.1. The van der Waals surface area contributed by atoms with E-state index < -0.39 is 0 Å². The maximum absolute atomic E-state index is 9.17. The minimum absolute atomic E-state index is 0.198. The highest BCUT2D eigenvalue weighted by Crippen LogP contribution is 2.33. The van der Waals surface area contributed by atoms with Gasteiger partial charge in [-0.05, 0) is 43.3 Å². The van der Waals surface area contributed by atoms with Gasteiger partial charge in [-0.15, -0.1) is 5.10 Å². The zero-order valence-corrected chi connectivity index (χ0v) is 16.9. The van der Waals surface area contributed by atoms with Crippen LogP contribution in [-0.2, 0) is 0 Å². The van der Waals surface area contributed by atoms with E-state index in [0.717, 1.165) is 72.7 Å². The maximum atomic E-state index is 9.17. The summed E-state index contributed by atoms with van der Waals surface area (Å²) in [5.74, 6) is 2.49. The zero-order valence-electron chi connectivity index (χ0n) is 16.9. The van der Waals surface area contributed by atoms with Crippen LogP contribution >= 0.6 is 0 Å². The molecule has 30 heavy (non-hydrogen) atoms. The van der Waals surface area contributed by atoms with Gasteiger partial charge < -0.3 is 14.4 Å². The van der Waals surface area contributed by atoms with E-state index in [0.29, 0.717) is 0 Å². The molecular weight excluding hydrogens is 380 g/mol. The van der Waals surface area contributed by atoms with Crippen molar-refractivity contribution in [2.45, 2.75) is 6.92 Å². The molecule has 0 aliphatic carbocycles. The molecular formula is C22H24N6O2. The van der Waals surface area contributed by atoms with Crippen LogP contribution in [0.25, 0.3) is 28.4 Å². The molecule has 8 heteroatoms. The van der Waals surface area contributed by atoms with Crippen molar-refractivity contribution >= 4 is 11.5 Å². The van der Waals surface area contributed by atoms with Crippen molar-refractivity contribution in [3.05, 3.63) is 54.6 Å². The van der Waals surface area contributed by atoms with Crippen LogP contribution in [0.4, 0.5) is 5.82 Å². The molecule has 1 aliphatic rings. The summed E-state index contributed by atoms with van der Waals surface area (Å²) in [6.45, 7) is 6.43. The van der Waals surface area contributed by atoms with Gasteiger partial charge in [0.1, 0.15) is 23.0 Å². The van der Waals surface area contributed by atoms with Crippen molar-refractivity contribution in [1.29, 1.82) is 0 Å². The number of hydrogen-bond donors (Lipinski definition) is 1. The second-order valence-corrected chi connectivity index (χ2v) is 7.47. The summed E-state index contributed by atoms with van der Waals surface area (Å²) < 4.78 is 7.79. The normalized spacial score (nSPS) is 15.2. The molecule has 4 aromatic rings. The molecule has 4 aromatic heterocycles. The number of β-amino-alcohol motifs (C(OH)–C–C–N with tert-alkyl or cyclic N) is 1. The standard InChI is InChI=1S/C22H24N6O2/c1-16-2-3-18(30-16)21-22(17-6-8-23-9-7-17)28-19(24-21)4-5-20(25-28)27-12-10-26(11-13-27)14-15-29/h2-9,29H,10-15H2,1H3. The van der Waals surface area contributed by atoms with Crippen LogP contribution in [0.15, 0.2) is 53.2 Å². The van der Waals surface area contributed by atoms with E-state index in [1.807, 2.05) is 47.8 Å². The van der Waals surface area contributed by atoms with Crippen molar-refractivity contribution in [1.82, 2.24) is 24.5 Å². The number of imidazole rings is 1. The Hall–Kier alpha value is -3.23. The van der Waals surface area contributed by atoms with Gasteiger partial charge in [0.2, 0.25) is 0 Å². The van der Waals surface area contributed by atoms with Gasteiger partial charge in [-0.2, -0.15) is 0 Å². The number of aryl methyl sites for hydroxylation is 1. The lowest BCUT2D eigenvalue weighted by atomic mass is 10.1. The van der Waals surface area contributed by atoms with E-state index in [9.17, 15) is 0 Å². The Morgan fingerprint density at radius 1 is 1.00 bits per heavy atom. The third-order valence-corrected chi connectivity index (χ3v) is 5.50. The summed E-state index contributed by atoms with van der Waals surface area (Å²) in [7, 11) is 0. The van der Waals surface area contributed by atoms with Gasteiger partial charge in [0.25, 0.3) is 0 Å². The summed E-state index contributed by atoms with van der Waals surface area (Å²) in [6, 6.07) is 11.9. The number of nitrogens with zero attached hydrogens (tertiary/aromatic N) is 6. The lowest BCUT2D eigenvalue weighted by molar-refractivity contribution is 0.188. The number of anilines is 1. The molecule has 1 N–H and O–H groups in total. The fourth-order valence-electron chi connectivity index (χ4n) is 3.94. The first-order chi connectivity index (χ1) is 14.7. The minimum Gasteiger partial charge on any atom is -0.460 e. The highest BCUT2D eigenvalue weighted by molar-refractivity contribution is 5.79. The highest BCUT2D eigenvalue weighted by atomic mass is 16.3. The lowest BCUT2D eigenvalue weighted by Gasteiger charge is -2.34. The van der Waals surface area contributed by atoms with E-state index in [2.05, 4.69) is 14.8 Å². The number of fused-ring (bicyclic) bond motifs is 1. The van der Waals surface area contributed by atoms with Crippen molar-refractivity contribution in [2.75, 3.05) is 44.2 Å². The summed E-state index contributed by atoms with van der Waals surface area (Å²) >= 11 is 0. The zero-order chi connectivity index (χ0) is 20.5. The first kappa shape index (κ1) is 18.8. The summed E-state index contributed by atoms with van der Waals surface area (Å²) in [6.07, 6.45) is 3.55. The largest absolute Gasteiger partial charge is 0.460 e. The van der Waals surface area contributed by atoms with Crippen LogP contribution in [0.5, 0.6) is 0 Å². The second kappa shape index (κ2) is 7.89. The van der Waals surface area contributed by atoms with E-state index >= 15 is 0 Å². The third kappa shape index (κ3) is 3.44. The van der Waals surface area contributed by atoms with Gasteiger partial charge in [0.15, 0.2) is 11.4 Å². The first-order valence-corrected chi connectivity index (χ1v) is 10.2. The van der Waals surface area contributed by atoms with Crippen LogP contribution in [-0.4, -0.2) is 68.9 Å². The highest BCUT2D eigenvalue weighted by Gasteiger charge is 2.22. The predicted octanol–water partition coefficient (Wildman–Crippen LogP) is 2.47. The van der Waals surface area contributed by atoms with Crippen LogP contribution in [0.2, 0.25) is 0 Å². The Morgan fingerprint density at radius 2 is 1.80 bits per heavy atom. The Balaban J connectivity index is 1.58. The second-order valence-electron chi connectivity index (χ2n) is 7.47. The number of rotatable bonds is 5. The van der Waals surface area contributed by atoms with Gasteiger partial charge in [-0.1, -0.05) is 0 Å². The molecule has 0 saturated carbocycles. The van der Waals surface area contributed by atoms with Crippen molar-refractivity contribution in [2.24, 2.45) is 0 Å². The molecule has 0 radical (unpaired) electrons. The number of aliphatic hydroxyl groups excluding tert-OH is 1. The molecule has 0 atom stereocenters. The Morgan fingerprint density at radius 3 is 2.50 bits per heavy atom. The lowest BCUT2D eigenvalue weighted by Crippen LogP contribution is -2.47. The number of furan rings is 1. The van der Waals surface area contributed by atoms with E-state index in [1.54, 1.807) is 12.4 Å². The third-order valence-electron chi connectivity index (χ3n) is 5.50. The fourth-order valence-corrected chi connectivity index (χ4v) is 3.94. The number of piperazine rings is 1. The molecule has 5 heterocycles. The average Bonchev–Trinajstić information content (AvgIpc) is 3.38.